The van der Waals surface area contributed by atoms with E-state index in [0.29, 0.717) is 11.4 Å². The quantitative estimate of drug-likeness (QED) is 0.735. The highest BCUT2D eigenvalue weighted by Crippen LogP contribution is 2.27. The van der Waals surface area contributed by atoms with Crippen molar-refractivity contribution in [3.63, 3.8) is 0 Å². The van der Waals surface area contributed by atoms with E-state index in [1.54, 1.807) is 7.05 Å². The molecule has 3 aromatic rings. The predicted octanol–water partition coefficient (Wildman–Crippen LogP) is 1.90. The van der Waals surface area contributed by atoms with Crippen LogP contribution in [0.3, 0.4) is 0 Å². The first-order valence-electron chi connectivity index (χ1n) is 7.02. The maximum absolute atomic E-state index is 14.1. The van der Waals surface area contributed by atoms with Crippen LogP contribution in [-0.4, -0.2) is 30.5 Å². The summed E-state index contributed by atoms with van der Waals surface area (Å²) < 4.78 is 52.1. The molecule has 2 aromatic carbocycles. The molecule has 0 atom stereocenters. The maximum Gasteiger partial charge on any atom is 0.238 e. The van der Waals surface area contributed by atoms with Crippen molar-refractivity contribution in [3.05, 3.63) is 54.2 Å². The Kier molecular flexibility index (Phi) is 4.23. The zero-order valence-corrected chi connectivity index (χ0v) is 13.8. The fraction of sp³-hybridized carbons (Fsp3) is 0.0667. The Morgan fingerprint density at radius 2 is 1.72 bits per heavy atom. The van der Waals surface area contributed by atoms with Gasteiger partial charge in [0.05, 0.1) is 22.3 Å². The molecule has 3 N–H and O–H groups in total. The molecule has 0 radical (unpaired) electrons. The lowest BCUT2D eigenvalue weighted by Crippen LogP contribution is -2.12. The van der Waals surface area contributed by atoms with Crippen molar-refractivity contribution in [3.8, 4) is 16.9 Å². The molecule has 25 heavy (non-hydrogen) atoms. The number of benzene rings is 2. The molecule has 1 aromatic heterocycles. The number of rotatable bonds is 4. The number of nitrogens with zero attached hydrogens (tertiary/aromatic N) is 3. The summed E-state index contributed by atoms with van der Waals surface area (Å²) in [5.41, 5.74) is 0.461. The second-order valence-corrected chi connectivity index (χ2v) is 6.71. The van der Waals surface area contributed by atoms with Gasteiger partial charge in [0.1, 0.15) is 17.3 Å². The summed E-state index contributed by atoms with van der Waals surface area (Å²) in [4.78, 5) is -0.0590. The zero-order chi connectivity index (χ0) is 18.2. The molecule has 0 unspecified atom stereocenters. The third-order valence-corrected chi connectivity index (χ3v) is 4.44. The van der Waals surface area contributed by atoms with Crippen molar-refractivity contribution in [1.82, 2.24) is 15.0 Å². The molecule has 7 nitrogen and oxygen atoms in total. The number of hydrogen-bond donors (Lipinski definition) is 2. The highest BCUT2D eigenvalue weighted by molar-refractivity contribution is 7.89. The number of sulfonamides is 1. The highest BCUT2D eigenvalue weighted by Gasteiger charge is 2.17. The van der Waals surface area contributed by atoms with Crippen molar-refractivity contribution < 1.29 is 17.2 Å². The molecule has 3 rings (SSSR count). The average molecular weight is 365 g/mol. The van der Waals surface area contributed by atoms with Crippen LogP contribution < -0.4 is 10.5 Å². The number of anilines is 1. The third kappa shape index (κ3) is 3.35. The summed E-state index contributed by atoms with van der Waals surface area (Å²) in [6.45, 7) is 0. The molecule has 0 bridgehead atoms. The molecule has 0 saturated heterocycles. The summed E-state index contributed by atoms with van der Waals surface area (Å²) in [6, 6.07) is 7.81. The molecule has 0 amide bonds. The first-order chi connectivity index (χ1) is 11.8. The van der Waals surface area contributed by atoms with Gasteiger partial charge in [-0.15, -0.1) is 5.10 Å². The van der Waals surface area contributed by atoms with Gasteiger partial charge in [-0.25, -0.2) is 27.0 Å². The van der Waals surface area contributed by atoms with E-state index in [9.17, 15) is 17.2 Å². The van der Waals surface area contributed by atoms with Crippen LogP contribution in [0.25, 0.3) is 16.9 Å². The number of hydrogen-bond acceptors (Lipinski definition) is 5. The largest absolute Gasteiger partial charge is 0.388 e. The molecule has 0 saturated carbocycles. The van der Waals surface area contributed by atoms with Crippen LogP contribution in [0.1, 0.15) is 0 Å². The number of primary sulfonamides is 1. The summed E-state index contributed by atoms with van der Waals surface area (Å²) in [5.74, 6) is -1.55. The van der Waals surface area contributed by atoms with E-state index in [1.807, 2.05) is 0 Å². The maximum atomic E-state index is 14.1. The predicted molar refractivity (Wildman–Crippen MR) is 87.6 cm³/mol. The van der Waals surface area contributed by atoms with E-state index < -0.39 is 21.7 Å². The Balaban J connectivity index is 1.99. The number of halogens is 2. The topological polar surface area (TPSA) is 103 Å². The number of nitrogens with one attached hydrogen (secondary N) is 1. The minimum atomic E-state index is -3.81. The zero-order valence-electron chi connectivity index (χ0n) is 12.9. The molecule has 0 aliphatic rings. The minimum Gasteiger partial charge on any atom is -0.388 e. The van der Waals surface area contributed by atoms with E-state index >= 15 is 0 Å². The molecular weight excluding hydrogens is 352 g/mol. The van der Waals surface area contributed by atoms with Gasteiger partial charge >= 0.3 is 0 Å². The van der Waals surface area contributed by atoms with Crippen molar-refractivity contribution in [2.24, 2.45) is 5.14 Å². The lowest BCUT2D eigenvalue weighted by Gasteiger charge is -2.05. The van der Waals surface area contributed by atoms with Gasteiger partial charge in [-0.3, -0.25) is 0 Å². The van der Waals surface area contributed by atoms with Gasteiger partial charge < -0.3 is 5.32 Å². The van der Waals surface area contributed by atoms with Gasteiger partial charge in [-0.1, -0.05) is 5.21 Å². The van der Waals surface area contributed by atoms with Crippen LogP contribution >= 0.6 is 0 Å². The Hall–Kier alpha value is -2.85. The fourth-order valence-electron chi connectivity index (χ4n) is 2.26. The smallest absolute Gasteiger partial charge is 0.238 e. The van der Waals surface area contributed by atoms with E-state index in [-0.39, 0.29) is 16.2 Å². The van der Waals surface area contributed by atoms with Gasteiger partial charge in [0.2, 0.25) is 10.0 Å². The van der Waals surface area contributed by atoms with Gasteiger partial charge in [0.25, 0.3) is 0 Å². The first-order valence-corrected chi connectivity index (χ1v) is 8.57. The fourth-order valence-corrected chi connectivity index (χ4v) is 2.77. The number of nitrogens with two attached hydrogens (primary N) is 1. The molecule has 10 heteroatoms. The van der Waals surface area contributed by atoms with Crippen LogP contribution in [0, 0.1) is 11.6 Å². The molecule has 0 aliphatic heterocycles. The van der Waals surface area contributed by atoms with Crippen molar-refractivity contribution in [2.75, 3.05) is 12.4 Å². The second kappa shape index (κ2) is 6.22. The molecular formula is C15H13F2N5O2S. The Labute approximate surface area is 142 Å². The van der Waals surface area contributed by atoms with Crippen molar-refractivity contribution in [2.45, 2.75) is 4.90 Å². The molecule has 0 spiro atoms. The Bertz CT molecular complexity index is 1010. The van der Waals surface area contributed by atoms with Crippen LogP contribution in [0.4, 0.5) is 14.5 Å². The molecule has 1 heterocycles. The monoisotopic (exact) mass is 365 g/mol. The lowest BCUT2D eigenvalue weighted by molar-refractivity contribution is 0.589. The summed E-state index contributed by atoms with van der Waals surface area (Å²) in [5, 5.41) is 15.3. The Morgan fingerprint density at radius 1 is 1.12 bits per heavy atom. The normalized spacial score (nSPS) is 11.5. The third-order valence-electron chi connectivity index (χ3n) is 3.51. The van der Waals surface area contributed by atoms with Gasteiger partial charge in [-0.05, 0) is 36.4 Å². The van der Waals surface area contributed by atoms with Crippen LogP contribution in [-0.2, 0) is 10.0 Å². The minimum absolute atomic E-state index is 0.00757. The van der Waals surface area contributed by atoms with Crippen molar-refractivity contribution >= 4 is 15.7 Å². The standard InChI is InChI=1S/C15H13F2N5O2S/c1-19-9-6-12(16)15(13(17)7-9)14-8-22(21-20-14)10-2-4-11(5-3-10)25(18,23)24/h2-8,19H,1H3,(H2,18,23,24). The van der Waals surface area contributed by atoms with E-state index in [1.165, 1.54) is 35.1 Å². The molecule has 130 valence electrons. The van der Waals surface area contributed by atoms with E-state index in [2.05, 4.69) is 15.6 Å². The highest BCUT2D eigenvalue weighted by atomic mass is 32.2. The number of aromatic nitrogens is 3. The molecule has 0 aliphatic carbocycles. The van der Waals surface area contributed by atoms with Crippen LogP contribution in [0.15, 0.2) is 47.5 Å². The second-order valence-electron chi connectivity index (χ2n) is 5.15. The van der Waals surface area contributed by atoms with Crippen LogP contribution in [0.2, 0.25) is 0 Å². The lowest BCUT2D eigenvalue weighted by atomic mass is 10.1. The van der Waals surface area contributed by atoms with Gasteiger partial charge in [0.15, 0.2) is 0 Å². The van der Waals surface area contributed by atoms with Crippen molar-refractivity contribution in [1.29, 1.82) is 0 Å². The van der Waals surface area contributed by atoms with E-state index in [0.717, 1.165) is 12.1 Å². The Morgan fingerprint density at radius 3 is 2.24 bits per heavy atom. The summed E-state index contributed by atoms with van der Waals surface area (Å²) in [6.07, 6.45) is 1.34. The van der Waals surface area contributed by atoms with Gasteiger partial charge in [-0.2, -0.15) is 0 Å². The summed E-state index contributed by atoms with van der Waals surface area (Å²) >= 11 is 0. The average Bonchev–Trinajstić information content (AvgIpc) is 3.03. The SMILES string of the molecule is CNc1cc(F)c(-c2cn(-c3ccc(S(N)(=O)=O)cc3)nn2)c(F)c1. The first kappa shape index (κ1) is 17.0. The van der Waals surface area contributed by atoms with Gasteiger partial charge in [0, 0.05) is 12.7 Å². The summed E-state index contributed by atoms with van der Waals surface area (Å²) in [7, 11) is -2.26. The van der Waals surface area contributed by atoms with Crippen LogP contribution in [0.5, 0.6) is 0 Å². The van der Waals surface area contributed by atoms with E-state index in [4.69, 9.17) is 5.14 Å². The molecule has 0 fully saturated rings.